The summed E-state index contributed by atoms with van der Waals surface area (Å²) < 4.78 is 18.6. The molecule has 108 valence electrons. The first-order valence-corrected chi connectivity index (χ1v) is 6.94. The van der Waals surface area contributed by atoms with E-state index in [-0.39, 0.29) is 17.8 Å². The fourth-order valence-electron chi connectivity index (χ4n) is 1.87. The van der Waals surface area contributed by atoms with Crippen molar-refractivity contribution in [2.75, 3.05) is 5.32 Å². The zero-order valence-corrected chi connectivity index (χ0v) is 11.7. The number of carbonyl (C=O) groups excluding carboxylic acids is 1. The number of amides is 1. The van der Waals surface area contributed by atoms with Crippen molar-refractivity contribution in [2.24, 2.45) is 0 Å². The van der Waals surface area contributed by atoms with Crippen LogP contribution in [0.2, 0.25) is 0 Å². The first-order chi connectivity index (χ1) is 10.8. The average Bonchev–Trinajstić information content (AvgIpc) is 3.27. The first kappa shape index (κ1) is 12.7. The van der Waals surface area contributed by atoms with E-state index in [9.17, 15) is 4.79 Å². The summed E-state index contributed by atoms with van der Waals surface area (Å²) in [6.45, 7) is 0. The number of rotatable bonds is 3. The highest BCUT2D eigenvalue weighted by Gasteiger charge is 2.14. The lowest BCUT2D eigenvalue weighted by molar-refractivity contribution is 0.102. The Balaban J connectivity index is 1.56. The van der Waals surface area contributed by atoms with Gasteiger partial charge in [0.15, 0.2) is 5.76 Å². The maximum absolute atomic E-state index is 12.2. The minimum atomic E-state index is -0.371. The van der Waals surface area contributed by atoms with Gasteiger partial charge in [0.1, 0.15) is 11.0 Å². The molecule has 0 radical (unpaired) electrons. The van der Waals surface area contributed by atoms with Crippen LogP contribution in [0.4, 0.5) is 6.01 Å². The van der Waals surface area contributed by atoms with Crippen LogP contribution in [-0.4, -0.2) is 24.9 Å². The third-order valence-corrected chi connectivity index (χ3v) is 3.45. The molecule has 0 saturated carbocycles. The van der Waals surface area contributed by atoms with Crippen molar-refractivity contribution < 1.29 is 13.6 Å². The Hall–Kier alpha value is -3.07. The summed E-state index contributed by atoms with van der Waals surface area (Å²) in [6.07, 6.45) is 1.49. The predicted molar refractivity (Wildman–Crippen MR) is 77.4 cm³/mol. The average molecular weight is 313 g/mol. The number of carbonyl (C=O) groups is 1. The van der Waals surface area contributed by atoms with Gasteiger partial charge in [0.05, 0.1) is 18.0 Å². The molecule has 4 aromatic rings. The van der Waals surface area contributed by atoms with E-state index >= 15 is 0 Å². The molecule has 3 aromatic heterocycles. The molecule has 1 aromatic carbocycles. The highest BCUT2D eigenvalue weighted by molar-refractivity contribution is 7.00. The normalized spacial score (nSPS) is 10.9. The molecule has 0 aliphatic rings. The van der Waals surface area contributed by atoms with Crippen LogP contribution in [0.3, 0.4) is 0 Å². The molecule has 0 fully saturated rings. The Labute approximate surface area is 127 Å². The van der Waals surface area contributed by atoms with Gasteiger partial charge in [-0.1, -0.05) is 5.10 Å². The molecule has 0 bridgehead atoms. The topological polar surface area (TPSA) is 107 Å². The van der Waals surface area contributed by atoms with Crippen LogP contribution >= 0.6 is 11.7 Å². The molecule has 0 spiro atoms. The summed E-state index contributed by atoms with van der Waals surface area (Å²) in [5, 5.41) is 10.1. The number of fused-ring (bicyclic) bond motifs is 1. The van der Waals surface area contributed by atoms with E-state index in [2.05, 4.69) is 24.3 Å². The number of anilines is 1. The van der Waals surface area contributed by atoms with Gasteiger partial charge in [-0.3, -0.25) is 10.1 Å². The minimum absolute atomic E-state index is 0.00657. The molecule has 8 nitrogen and oxygen atoms in total. The maximum Gasteiger partial charge on any atom is 0.322 e. The van der Waals surface area contributed by atoms with Crippen molar-refractivity contribution in [3.05, 3.63) is 42.2 Å². The number of benzene rings is 1. The predicted octanol–water partition coefficient (Wildman–Crippen LogP) is 2.59. The zero-order valence-electron chi connectivity index (χ0n) is 10.9. The lowest BCUT2D eigenvalue weighted by atomic mass is 10.2. The molecular formula is C13H7N5O3S. The van der Waals surface area contributed by atoms with Gasteiger partial charge in [-0.05, 0) is 30.3 Å². The summed E-state index contributed by atoms with van der Waals surface area (Å²) in [5.74, 6) is 0.256. The first-order valence-electron chi connectivity index (χ1n) is 6.21. The van der Waals surface area contributed by atoms with Crippen LogP contribution in [0.5, 0.6) is 0 Å². The van der Waals surface area contributed by atoms with Gasteiger partial charge < -0.3 is 8.83 Å². The highest BCUT2D eigenvalue weighted by Crippen LogP contribution is 2.20. The number of hydrogen-bond acceptors (Lipinski definition) is 8. The third kappa shape index (κ3) is 2.23. The van der Waals surface area contributed by atoms with Gasteiger partial charge in [0.25, 0.3) is 11.8 Å². The minimum Gasteiger partial charge on any atom is -0.459 e. The standard InChI is InChI=1S/C13H7N5O3S/c19-11(7-3-4-8-9(6-7)18-22-17-8)14-13-16-15-12(21-13)10-2-1-5-20-10/h1-6H,(H,14,16,19). The van der Waals surface area contributed by atoms with E-state index in [1.54, 1.807) is 30.3 Å². The van der Waals surface area contributed by atoms with Crippen molar-refractivity contribution in [3.8, 4) is 11.7 Å². The van der Waals surface area contributed by atoms with E-state index in [1.165, 1.54) is 6.26 Å². The van der Waals surface area contributed by atoms with Crippen LogP contribution in [0, 0.1) is 0 Å². The number of aromatic nitrogens is 4. The lowest BCUT2D eigenvalue weighted by Crippen LogP contribution is -2.12. The number of nitrogens with zero attached hydrogens (tertiary/aromatic N) is 4. The molecule has 22 heavy (non-hydrogen) atoms. The molecule has 0 aliphatic heterocycles. The summed E-state index contributed by atoms with van der Waals surface area (Å²) in [5.41, 5.74) is 1.84. The molecule has 9 heteroatoms. The van der Waals surface area contributed by atoms with Crippen LogP contribution in [0.25, 0.3) is 22.7 Å². The SMILES string of the molecule is O=C(Nc1nnc(-c2ccco2)o1)c1ccc2nsnc2c1. The Morgan fingerprint density at radius 2 is 2.05 bits per heavy atom. The van der Waals surface area contributed by atoms with Crippen molar-refractivity contribution in [1.29, 1.82) is 0 Å². The van der Waals surface area contributed by atoms with Crippen molar-refractivity contribution in [2.45, 2.75) is 0 Å². The molecule has 0 atom stereocenters. The molecule has 3 heterocycles. The Bertz CT molecular complexity index is 944. The van der Waals surface area contributed by atoms with Crippen molar-refractivity contribution >= 4 is 34.7 Å². The molecule has 0 aliphatic carbocycles. The van der Waals surface area contributed by atoms with E-state index in [4.69, 9.17) is 8.83 Å². The fourth-order valence-corrected chi connectivity index (χ4v) is 2.38. The van der Waals surface area contributed by atoms with E-state index < -0.39 is 0 Å². The Kier molecular flexibility index (Phi) is 2.90. The smallest absolute Gasteiger partial charge is 0.322 e. The second kappa shape index (κ2) is 5.04. The molecular weight excluding hydrogens is 306 g/mol. The quantitative estimate of drug-likeness (QED) is 0.619. The van der Waals surface area contributed by atoms with E-state index in [1.807, 2.05) is 0 Å². The molecule has 4 rings (SSSR count). The fraction of sp³-hybridized carbons (Fsp3) is 0. The second-order valence-corrected chi connectivity index (χ2v) is 4.84. The lowest BCUT2D eigenvalue weighted by Gasteiger charge is -1.99. The summed E-state index contributed by atoms with van der Waals surface area (Å²) in [6, 6.07) is 8.42. The van der Waals surface area contributed by atoms with Gasteiger partial charge in [-0.25, -0.2) is 0 Å². The van der Waals surface area contributed by atoms with E-state index in [0.29, 0.717) is 16.8 Å². The zero-order chi connectivity index (χ0) is 14.9. The number of furan rings is 1. The second-order valence-electron chi connectivity index (χ2n) is 4.31. The maximum atomic E-state index is 12.2. The van der Waals surface area contributed by atoms with Crippen molar-refractivity contribution in [1.82, 2.24) is 18.9 Å². The summed E-state index contributed by atoms with van der Waals surface area (Å²) >= 11 is 1.10. The summed E-state index contributed by atoms with van der Waals surface area (Å²) in [4.78, 5) is 12.2. The van der Waals surface area contributed by atoms with Crippen LogP contribution in [0.1, 0.15) is 10.4 Å². The number of hydrogen-bond donors (Lipinski definition) is 1. The van der Waals surface area contributed by atoms with Gasteiger partial charge in [0.2, 0.25) is 0 Å². The van der Waals surface area contributed by atoms with Gasteiger partial charge in [-0.15, -0.1) is 5.10 Å². The van der Waals surface area contributed by atoms with Crippen molar-refractivity contribution in [3.63, 3.8) is 0 Å². The third-order valence-electron chi connectivity index (χ3n) is 2.89. The van der Waals surface area contributed by atoms with E-state index in [0.717, 1.165) is 17.2 Å². The largest absolute Gasteiger partial charge is 0.459 e. The molecule has 0 unspecified atom stereocenters. The van der Waals surface area contributed by atoms with Gasteiger partial charge in [0, 0.05) is 5.56 Å². The van der Waals surface area contributed by atoms with Crippen LogP contribution in [-0.2, 0) is 0 Å². The molecule has 1 amide bonds. The highest BCUT2D eigenvalue weighted by atomic mass is 32.1. The van der Waals surface area contributed by atoms with Gasteiger partial charge >= 0.3 is 6.01 Å². The monoisotopic (exact) mass is 313 g/mol. The molecule has 1 N–H and O–H groups in total. The molecule has 0 saturated heterocycles. The Morgan fingerprint density at radius 1 is 1.14 bits per heavy atom. The summed E-state index contributed by atoms with van der Waals surface area (Å²) in [7, 11) is 0. The van der Waals surface area contributed by atoms with Gasteiger partial charge in [-0.2, -0.15) is 8.75 Å². The Morgan fingerprint density at radius 3 is 2.91 bits per heavy atom. The van der Waals surface area contributed by atoms with Crippen LogP contribution in [0.15, 0.2) is 45.4 Å². The van der Waals surface area contributed by atoms with Crippen LogP contribution < -0.4 is 5.32 Å². The number of nitrogens with one attached hydrogen (secondary N) is 1.